The Balaban J connectivity index is 2.04. The average molecular weight is 374 g/mol. The molecule has 0 bridgehead atoms. The first-order chi connectivity index (χ1) is 8.74. The molecule has 0 aliphatic carbocycles. The van der Waals surface area contributed by atoms with Gasteiger partial charge < -0.3 is 5.32 Å². The van der Waals surface area contributed by atoms with E-state index in [-0.39, 0.29) is 10.8 Å². The molecule has 0 spiro atoms. The molecule has 0 saturated carbocycles. The smallest absolute Gasteiger partial charge is 0.245 e. The molecule has 18 heavy (non-hydrogen) atoms. The number of rotatable bonds is 2. The van der Waals surface area contributed by atoms with Gasteiger partial charge in [-0.2, -0.15) is 0 Å². The Morgan fingerprint density at radius 3 is 2.61 bits per heavy atom. The summed E-state index contributed by atoms with van der Waals surface area (Å²) in [5.74, 6) is 0.420. The SMILES string of the molecule is Clc1nc2nonc2nc1Nc1ccccc1I. The van der Waals surface area contributed by atoms with E-state index >= 15 is 0 Å². The van der Waals surface area contributed by atoms with Crippen molar-refractivity contribution in [3.05, 3.63) is 33.0 Å². The minimum Gasteiger partial charge on any atom is -0.337 e. The molecule has 0 aliphatic rings. The average Bonchev–Trinajstić information content (AvgIpc) is 2.79. The van der Waals surface area contributed by atoms with Gasteiger partial charge in [-0.05, 0) is 45.0 Å². The number of halogens is 2. The Kier molecular flexibility index (Phi) is 3.00. The van der Waals surface area contributed by atoms with Gasteiger partial charge in [-0.15, -0.1) is 0 Å². The highest BCUT2D eigenvalue weighted by atomic mass is 127. The van der Waals surface area contributed by atoms with Gasteiger partial charge in [0.15, 0.2) is 11.0 Å². The van der Waals surface area contributed by atoms with E-state index in [1.807, 2.05) is 24.3 Å². The van der Waals surface area contributed by atoms with Crippen LogP contribution in [0.1, 0.15) is 0 Å². The molecule has 0 amide bonds. The lowest BCUT2D eigenvalue weighted by Gasteiger charge is -2.07. The van der Waals surface area contributed by atoms with E-state index in [1.54, 1.807) is 0 Å². The Hall–Kier alpha value is -1.48. The van der Waals surface area contributed by atoms with Crippen LogP contribution < -0.4 is 5.32 Å². The molecule has 0 radical (unpaired) electrons. The molecule has 0 saturated heterocycles. The highest BCUT2D eigenvalue weighted by molar-refractivity contribution is 14.1. The predicted octanol–water partition coefficient (Wildman–Crippen LogP) is 3.01. The summed E-state index contributed by atoms with van der Waals surface area (Å²) < 4.78 is 5.58. The van der Waals surface area contributed by atoms with E-state index in [2.05, 4.69) is 52.8 Å². The molecule has 2 aromatic heterocycles. The first-order valence-corrected chi connectivity index (χ1v) is 6.37. The number of fused-ring (bicyclic) bond motifs is 1. The van der Waals surface area contributed by atoms with Crippen LogP contribution in [-0.4, -0.2) is 20.3 Å². The van der Waals surface area contributed by atoms with Gasteiger partial charge in [-0.3, -0.25) is 0 Å². The Labute approximate surface area is 120 Å². The summed E-state index contributed by atoms with van der Waals surface area (Å²) in [6, 6.07) is 7.76. The molecule has 1 N–H and O–H groups in total. The fourth-order valence-electron chi connectivity index (χ4n) is 1.39. The molecule has 3 rings (SSSR count). The van der Waals surface area contributed by atoms with Crippen molar-refractivity contribution in [3.63, 3.8) is 0 Å². The zero-order chi connectivity index (χ0) is 12.5. The first-order valence-electron chi connectivity index (χ1n) is 4.91. The summed E-state index contributed by atoms with van der Waals surface area (Å²) in [5.41, 5.74) is 1.49. The molecule has 90 valence electrons. The van der Waals surface area contributed by atoms with Gasteiger partial charge in [-0.25, -0.2) is 14.6 Å². The van der Waals surface area contributed by atoms with Gasteiger partial charge in [0.2, 0.25) is 11.3 Å². The monoisotopic (exact) mass is 373 g/mol. The summed E-state index contributed by atoms with van der Waals surface area (Å²) in [6.45, 7) is 0. The van der Waals surface area contributed by atoms with Crippen LogP contribution in [0.3, 0.4) is 0 Å². The maximum Gasteiger partial charge on any atom is 0.245 e. The second-order valence-corrected chi connectivity index (χ2v) is 4.90. The lowest BCUT2D eigenvalue weighted by molar-refractivity contribution is 0.314. The summed E-state index contributed by atoms with van der Waals surface area (Å²) in [7, 11) is 0. The maximum atomic E-state index is 6.01. The molecule has 1 aromatic carbocycles. The second-order valence-electron chi connectivity index (χ2n) is 3.38. The van der Waals surface area contributed by atoms with Crippen molar-refractivity contribution in [2.75, 3.05) is 5.32 Å². The highest BCUT2D eigenvalue weighted by Gasteiger charge is 2.11. The van der Waals surface area contributed by atoms with Crippen LogP contribution >= 0.6 is 34.2 Å². The first kappa shape index (κ1) is 11.6. The van der Waals surface area contributed by atoms with Gasteiger partial charge in [0.05, 0.1) is 5.69 Å². The highest BCUT2D eigenvalue weighted by Crippen LogP contribution is 2.26. The molecule has 0 fully saturated rings. The molecule has 3 aromatic rings. The van der Waals surface area contributed by atoms with Gasteiger partial charge in [0, 0.05) is 3.57 Å². The van der Waals surface area contributed by atoms with E-state index in [9.17, 15) is 0 Å². The summed E-state index contributed by atoms with van der Waals surface area (Å²) >= 11 is 8.23. The Morgan fingerprint density at radius 1 is 1.11 bits per heavy atom. The summed E-state index contributed by atoms with van der Waals surface area (Å²) in [4.78, 5) is 8.23. The van der Waals surface area contributed by atoms with Gasteiger partial charge in [-0.1, -0.05) is 23.7 Å². The van der Waals surface area contributed by atoms with Crippen molar-refractivity contribution in [3.8, 4) is 0 Å². The van der Waals surface area contributed by atoms with Crippen molar-refractivity contribution < 1.29 is 4.63 Å². The fourth-order valence-corrected chi connectivity index (χ4v) is 2.08. The number of nitrogens with zero attached hydrogens (tertiary/aromatic N) is 4. The quantitative estimate of drug-likeness (QED) is 0.696. The normalized spacial score (nSPS) is 10.8. The third-order valence-electron chi connectivity index (χ3n) is 2.20. The van der Waals surface area contributed by atoms with E-state index in [1.165, 1.54) is 0 Å². The number of hydrogen-bond acceptors (Lipinski definition) is 6. The lowest BCUT2D eigenvalue weighted by Crippen LogP contribution is -1.98. The van der Waals surface area contributed by atoms with E-state index < -0.39 is 0 Å². The van der Waals surface area contributed by atoms with Crippen LogP contribution in [0.5, 0.6) is 0 Å². The van der Waals surface area contributed by atoms with Crippen molar-refractivity contribution in [1.82, 2.24) is 20.3 Å². The Bertz CT molecular complexity index is 716. The van der Waals surface area contributed by atoms with E-state index in [4.69, 9.17) is 11.6 Å². The predicted molar refractivity (Wildman–Crippen MR) is 74.8 cm³/mol. The molecule has 0 atom stereocenters. The van der Waals surface area contributed by atoms with Crippen molar-refractivity contribution in [2.45, 2.75) is 0 Å². The number of hydrogen-bond donors (Lipinski definition) is 1. The van der Waals surface area contributed by atoms with E-state index in [0.717, 1.165) is 9.26 Å². The second kappa shape index (κ2) is 4.65. The Morgan fingerprint density at radius 2 is 1.83 bits per heavy atom. The fraction of sp³-hybridized carbons (Fsp3) is 0. The zero-order valence-electron chi connectivity index (χ0n) is 8.76. The van der Waals surface area contributed by atoms with Crippen LogP contribution in [0.2, 0.25) is 5.15 Å². The van der Waals surface area contributed by atoms with Gasteiger partial charge >= 0.3 is 0 Å². The molecule has 8 heteroatoms. The van der Waals surface area contributed by atoms with E-state index in [0.29, 0.717) is 11.5 Å². The van der Waals surface area contributed by atoms with Crippen LogP contribution in [-0.2, 0) is 0 Å². The van der Waals surface area contributed by atoms with Crippen LogP contribution in [0.25, 0.3) is 11.3 Å². The molecule has 2 heterocycles. The van der Waals surface area contributed by atoms with Crippen molar-refractivity contribution in [1.29, 1.82) is 0 Å². The largest absolute Gasteiger partial charge is 0.337 e. The number of aromatic nitrogens is 4. The van der Waals surface area contributed by atoms with Crippen LogP contribution in [0.15, 0.2) is 28.9 Å². The molecule has 0 aliphatic heterocycles. The molecule has 0 unspecified atom stereocenters. The van der Waals surface area contributed by atoms with Crippen molar-refractivity contribution in [2.24, 2.45) is 0 Å². The number of para-hydroxylation sites is 1. The third kappa shape index (κ3) is 2.10. The number of benzene rings is 1. The minimum absolute atomic E-state index is 0.220. The van der Waals surface area contributed by atoms with Gasteiger partial charge in [0.1, 0.15) is 0 Å². The maximum absolute atomic E-state index is 6.01. The van der Waals surface area contributed by atoms with Crippen LogP contribution in [0.4, 0.5) is 11.5 Å². The third-order valence-corrected chi connectivity index (χ3v) is 3.40. The molecular formula is C10H5ClIN5O. The summed E-state index contributed by atoms with van der Waals surface area (Å²) in [5, 5.41) is 10.5. The van der Waals surface area contributed by atoms with Gasteiger partial charge in [0.25, 0.3) is 0 Å². The number of anilines is 2. The van der Waals surface area contributed by atoms with Crippen molar-refractivity contribution >= 4 is 57.0 Å². The van der Waals surface area contributed by atoms with Crippen LogP contribution in [0, 0.1) is 3.57 Å². The molecule has 6 nitrogen and oxygen atoms in total. The lowest BCUT2D eigenvalue weighted by atomic mass is 10.3. The minimum atomic E-state index is 0.220. The topological polar surface area (TPSA) is 76.7 Å². The molecular weight excluding hydrogens is 369 g/mol. The standard InChI is InChI=1S/C10H5ClIN5O/c11-7-8(13-6-4-2-1-3-5(6)12)15-10-9(14-7)16-18-17-10/h1-4H,(H,13,15,17). The zero-order valence-corrected chi connectivity index (χ0v) is 11.7. The summed E-state index contributed by atoms with van der Waals surface area (Å²) in [6.07, 6.45) is 0. The number of nitrogens with one attached hydrogen (secondary N) is 1.